The lowest BCUT2D eigenvalue weighted by molar-refractivity contribution is -0.139. The van der Waals surface area contributed by atoms with Crippen LogP contribution in [-0.4, -0.2) is 48.3 Å². The normalized spacial score (nSPS) is 13.2. The maximum absolute atomic E-state index is 12.6. The lowest BCUT2D eigenvalue weighted by atomic mass is 10.1. The van der Waals surface area contributed by atoms with Crippen molar-refractivity contribution in [1.82, 2.24) is 9.97 Å². The summed E-state index contributed by atoms with van der Waals surface area (Å²) >= 11 is 0. The van der Waals surface area contributed by atoms with E-state index in [2.05, 4.69) is 9.97 Å². The van der Waals surface area contributed by atoms with Gasteiger partial charge in [0.1, 0.15) is 11.5 Å². The highest BCUT2D eigenvalue weighted by Gasteiger charge is 2.27. The van der Waals surface area contributed by atoms with Gasteiger partial charge in [-0.05, 0) is 48.6 Å². The van der Waals surface area contributed by atoms with Gasteiger partial charge in [0.2, 0.25) is 0 Å². The summed E-state index contributed by atoms with van der Waals surface area (Å²) < 4.78 is 15.0. The summed E-state index contributed by atoms with van der Waals surface area (Å²) in [5, 5.41) is 9.85. The molecule has 0 fully saturated rings. The molecular weight excluding hydrogens is 426 g/mol. The van der Waals surface area contributed by atoms with E-state index in [-0.39, 0.29) is 17.0 Å². The molecular formula is C24H21N3O6. The van der Waals surface area contributed by atoms with Gasteiger partial charge in [-0.25, -0.2) is 14.6 Å². The number of rotatable bonds is 5. The van der Waals surface area contributed by atoms with Crippen LogP contribution in [0.25, 0.3) is 22.4 Å². The molecule has 4 rings (SSSR count). The first kappa shape index (κ1) is 21.7. The maximum Gasteiger partial charge on any atom is 0.355 e. The third-order valence-corrected chi connectivity index (χ3v) is 5.09. The third-order valence-electron chi connectivity index (χ3n) is 5.09. The number of aromatic nitrogens is 2. The fraction of sp³-hybridized carbons (Fsp3) is 0.125. The number of methoxy groups -OCH3 is 3. The van der Waals surface area contributed by atoms with Crippen molar-refractivity contribution in [2.24, 2.45) is 0 Å². The standard InChI is InChI=1S/C24H21N3O6/c1-31-20-12-14(7-10-19(20)28)22-25-17-9-8-15(13-18(17)26-22)27-11-5-4-6-16(23(29)32-2)21(27)24(30)33-3/h4-13,28H,1-3H3,(H,25,26). The summed E-state index contributed by atoms with van der Waals surface area (Å²) in [6.45, 7) is 0. The Hall–Kier alpha value is -4.53. The number of H-pyrrole nitrogens is 1. The van der Waals surface area contributed by atoms with Crippen LogP contribution >= 0.6 is 0 Å². The van der Waals surface area contributed by atoms with Gasteiger partial charge in [-0.15, -0.1) is 0 Å². The van der Waals surface area contributed by atoms with Crippen molar-refractivity contribution >= 4 is 28.7 Å². The highest BCUT2D eigenvalue weighted by molar-refractivity contribution is 6.05. The molecule has 0 unspecified atom stereocenters. The van der Waals surface area contributed by atoms with E-state index in [4.69, 9.17) is 14.2 Å². The lowest BCUT2D eigenvalue weighted by Gasteiger charge is -2.23. The number of phenols is 1. The summed E-state index contributed by atoms with van der Waals surface area (Å²) in [5.41, 5.74) is 2.80. The van der Waals surface area contributed by atoms with E-state index in [1.54, 1.807) is 53.6 Å². The summed E-state index contributed by atoms with van der Waals surface area (Å²) in [6.07, 6.45) is 6.49. The van der Waals surface area contributed by atoms with Gasteiger partial charge >= 0.3 is 11.9 Å². The first-order valence-electron chi connectivity index (χ1n) is 9.89. The first-order valence-corrected chi connectivity index (χ1v) is 9.89. The fourth-order valence-electron chi connectivity index (χ4n) is 3.47. The highest BCUT2D eigenvalue weighted by Crippen LogP contribution is 2.33. The molecule has 9 nitrogen and oxygen atoms in total. The Morgan fingerprint density at radius 3 is 2.52 bits per heavy atom. The zero-order chi connectivity index (χ0) is 23.5. The average Bonchev–Trinajstić information content (AvgIpc) is 3.14. The molecule has 9 heteroatoms. The fourth-order valence-corrected chi connectivity index (χ4v) is 3.47. The van der Waals surface area contributed by atoms with E-state index < -0.39 is 11.9 Å². The van der Waals surface area contributed by atoms with Gasteiger partial charge in [0.25, 0.3) is 0 Å². The number of anilines is 1. The van der Waals surface area contributed by atoms with Crippen molar-refractivity contribution in [2.75, 3.05) is 26.2 Å². The number of hydrogen-bond donors (Lipinski definition) is 2. The molecule has 168 valence electrons. The van der Waals surface area contributed by atoms with Crippen molar-refractivity contribution in [3.8, 4) is 22.9 Å². The minimum Gasteiger partial charge on any atom is -0.504 e. The summed E-state index contributed by atoms with van der Waals surface area (Å²) in [4.78, 5) is 34.4. The first-order chi connectivity index (χ1) is 16.0. The summed E-state index contributed by atoms with van der Waals surface area (Å²) in [7, 11) is 3.97. The molecule has 2 N–H and O–H groups in total. The van der Waals surface area contributed by atoms with Crippen LogP contribution in [0.1, 0.15) is 0 Å². The van der Waals surface area contributed by atoms with Gasteiger partial charge in [-0.1, -0.05) is 6.08 Å². The Labute approximate surface area is 189 Å². The van der Waals surface area contributed by atoms with E-state index in [1.807, 2.05) is 0 Å². The Bertz CT molecular complexity index is 1340. The van der Waals surface area contributed by atoms with Crippen LogP contribution in [0, 0.1) is 0 Å². The molecule has 0 atom stereocenters. The lowest BCUT2D eigenvalue weighted by Crippen LogP contribution is -2.26. The molecule has 2 aromatic carbocycles. The minimum atomic E-state index is -0.687. The molecule has 3 aromatic rings. The number of imidazole rings is 1. The smallest absolute Gasteiger partial charge is 0.355 e. The molecule has 1 aliphatic heterocycles. The SMILES string of the molecule is COC(=O)C1=C(C(=O)OC)N(c2ccc3nc(-c4ccc(O)c(OC)c4)[nH]c3c2)C=CC=C1. The number of carbonyl (C=O) groups excluding carboxylic acids is 2. The number of allylic oxidation sites excluding steroid dienone is 2. The number of carbonyl (C=O) groups is 2. The molecule has 2 heterocycles. The molecule has 0 aliphatic carbocycles. The number of ether oxygens (including phenoxy) is 3. The molecule has 1 aliphatic rings. The second-order valence-electron chi connectivity index (χ2n) is 6.99. The molecule has 0 amide bonds. The number of fused-ring (bicyclic) bond motifs is 1. The van der Waals surface area contributed by atoms with Crippen LogP contribution in [-0.2, 0) is 19.1 Å². The second kappa shape index (κ2) is 8.91. The molecule has 0 spiro atoms. The Balaban J connectivity index is 1.80. The Morgan fingerprint density at radius 1 is 1.00 bits per heavy atom. The van der Waals surface area contributed by atoms with Gasteiger partial charge in [0, 0.05) is 17.5 Å². The summed E-state index contributed by atoms with van der Waals surface area (Å²) in [5.74, 6) is -0.406. The zero-order valence-corrected chi connectivity index (χ0v) is 18.2. The summed E-state index contributed by atoms with van der Waals surface area (Å²) in [6, 6.07) is 10.3. The van der Waals surface area contributed by atoms with Crippen LogP contribution in [0.15, 0.2) is 72.1 Å². The van der Waals surface area contributed by atoms with E-state index in [9.17, 15) is 14.7 Å². The number of phenolic OH excluding ortho intramolecular Hbond substituents is 1. The Morgan fingerprint density at radius 2 is 1.79 bits per heavy atom. The number of benzene rings is 2. The molecule has 1 aromatic heterocycles. The Kier molecular flexibility index (Phi) is 5.86. The third kappa shape index (κ3) is 4.03. The van der Waals surface area contributed by atoms with Crippen LogP contribution in [0.4, 0.5) is 5.69 Å². The van der Waals surface area contributed by atoms with Gasteiger partial charge in [-0.3, -0.25) is 0 Å². The zero-order valence-electron chi connectivity index (χ0n) is 18.2. The predicted molar refractivity (Wildman–Crippen MR) is 122 cm³/mol. The molecule has 0 saturated carbocycles. The van der Waals surface area contributed by atoms with E-state index in [0.29, 0.717) is 28.3 Å². The van der Waals surface area contributed by atoms with Crippen molar-refractivity contribution < 1.29 is 28.9 Å². The van der Waals surface area contributed by atoms with Crippen LogP contribution < -0.4 is 9.64 Å². The number of nitrogens with zero attached hydrogens (tertiary/aromatic N) is 2. The number of aromatic hydroxyl groups is 1. The highest BCUT2D eigenvalue weighted by atomic mass is 16.5. The molecule has 0 bridgehead atoms. The maximum atomic E-state index is 12.6. The van der Waals surface area contributed by atoms with Crippen LogP contribution in [0.2, 0.25) is 0 Å². The van der Waals surface area contributed by atoms with Crippen molar-refractivity contribution in [3.63, 3.8) is 0 Å². The number of hydrogen-bond acceptors (Lipinski definition) is 8. The van der Waals surface area contributed by atoms with Crippen molar-refractivity contribution in [2.45, 2.75) is 0 Å². The number of nitrogens with one attached hydrogen (secondary N) is 1. The number of esters is 2. The largest absolute Gasteiger partial charge is 0.504 e. The van der Waals surface area contributed by atoms with E-state index in [0.717, 1.165) is 5.56 Å². The quantitative estimate of drug-likeness (QED) is 0.572. The van der Waals surface area contributed by atoms with Gasteiger partial charge in [-0.2, -0.15) is 0 Å². The van der Waals surface area contributed by atoms with Gasteiger partial charge in [0.15, 0.2) is 11.5 Å². The molecule has 0 radical (unpaired) electrons. The predicted octanol–water partition coefficient (Wildman–Crippen LogP) is 3.43. The average molecular weight is 447 g/mol. The second-order valence-corrected chi connectivity index (χ2v) is 6.99. The number of aromatic amines is 1. The monoisotopic (exact) mass is 447 g/mol. The van der Waals surface area contributed by atoms with E-state index in [1.165, 1.54) is 33.5 Å². The van der Waals surface area contributed by atoms with E-state index >= 15 is 0 Å². The minimum absolute atomic E-state index is 0.0247. The van der Waals surface area contributed by atoms with Crippen molar-refractivity contribution in [3.05, 3.63) is 72.1 Å². The molecule has 0 saturated heterocycles. The van der Waals surface area contributed by atoms with Crippen LogP contribution in [0.3, 0.4) is 0 Å². The van der Waals surface area contributed by atoms with Gasteiger partial charge < -0.3 is 29.2 Å². The topological polar surface area (TPSA) is 114 Å². The molecule has 33 heavy (non-hydrogen) atoms. The van der Waals surface area contributed by atoms with Crippen LogP contribution in [0.5, 0.6) is 11.5 Å². The van der Waals surface area contributed by atoms with Crippen molar-refractivity contribution in [1.29, 1.82) is 0 Å². The van der Waals surface area contributed by atoms with Gasteiger partial charge in [0.05, 0.1) is 37.9 Å².